The zero-order chi connectivity index (χ0) is 15.5. The molecule has 0 aliphatic rings. The Balaban J connectivity index is 1.77. The van der Waals surface area contributed by atoms with Gasteiger partial charge in [0.25, 0.3) is 5.91 Å². The number of rotatable bonds is 3. The molecule has 6 heteroatoms. The molecule has 0 saturated heterocycles. The second kappa shape index (κ2) is 5.77. The lowest BCUT2D eigenvalue weighted by molar-refractivity contribution is 0.102. The van der Waals surface area contributed by atoms with E-state index in [-0.39, 0.29) is 11.7 Å². The van der Waals surface area contributed by atoms with Crippen LogP contribution in [0.2, 0.25) is 0 Å². The van der Waals surface area contributed by atoms with Crippen molar-refractivity contribution in [3.63, 3.8) is 0 Å². The second-order valence-electron chi connectivity index (χ2n) is 4.79. The van der Waals surface area contributed by atoms with Gasteiger partial charge in [0, 0.05) is 24.3 Å². The molecule has 2 heterocycles. The Morgan fingerprint density at radius 3 is 2.77 bits per heavy atom. The first kappa shape index (κ1) is 13.9. The van der Waals surface area contributed by atoms with Gasteiger partial charge in [-0.25, -0.2) is 14.4 Å². The number of aryl methyl sites for hydroxylation is 1. The molecule has 3 rings (SSSR count). The van der Waals surface area contributed by atoms with Gasteiger partial charge in [0.15, 0.2) is 0 Å². The van der Waals surface area contributed by atoms with E-state index in [1.165, 1.54) is 24.4 Å². The highest BCUT2D eigenvalue weighted by Crippen LogP contribution is 2.17. The first-order chi connectivity index (χ1) is 10.6. The lowest BCUT2D eigenvalue weighted by atomic mass is 10.2. The van der Waals surface area contributed by atoms with Crippen LogP contribution in [0.1, 0.15) is 15.9 Å². The molecule has 1 N–H and O–H groups in total. The fourth-order valence-electron chi connectivity index (χ4n) is 2.03. The minimum atomic E-state index is -0.332. The van der Waals surface area contributed by atoms with Gasteiger partial charge in [-0.05, 0) is 42.8 Å². The molecular weight excluding hydrogens is 283 g/mol. The van der Waals surface area contributed by atoms with E-state index in [4.69, 9.17) is 0 Å². The molecule has 0 bridgehead atoms. The molecule has 3 aromatic rings. The fourth-order valence-corrected chi connectivity index (χ4v) is 2.03. The van der Waals surface area contributed by atoms with Gasteiger partial charge in [0.05, 0.1) is 5.56 Å². The molecule has 0 spiro atoms. The van der Waals surface area contributed by atoms with Gasteiger partial charge in [0.1, 0.15) is 18.0 Å². The molecule has 5 nitrogen and oxygen atoms in total. The Hall–Kier alpha value is -3.02. The van der Waals surface area contributed by atoms with Crippen LogP contribution in [-0.4, -0.2) is 20.4 Å². The van der Waals surface area contributed by atoms with Crippen LogP contribution in [0.4, 0.5) is 10.1 Å². The molecular formula is C16H13FN4O. The van der Waals surface area contributed by atoms with Crippen LogP contribution in [0.3, 0.4) is 0 Å². The summed E-state index contributed by atoms with van der Waals surface area (Å²) in [6, 6.07) is 7.62. The molecule has 0 saturated carbocycles. The van der Waals surface area contributed by atoms with Crippen LogP contribution in [0.15, 0.2) is 55.2 Å². The summed E-state index contributed by atoms with van der Waals surface area (Å²) >= 11 is 0. The summed E-state index contributed by atoms with van der Waals surface area (Å²) < 4.78 is 14.8. The molecule has 110 valence electrons. The van der Waals surface area contributed by atoms with E-state index in [2.05, 4.69) is 15.3 Å². The van der Waals surface area contributed by atoms with Crippen molar-refractivity contribution < 1.29 is 9.18 Å². The largest absolute Gasteiger partial charge is 0.322 e. The number of pyridine rings is 1. The van der Waals surface area contributed by atoms with Gasteiger partial charge in [0.2, 0.25) is 0 Å². The second-order valence-corrected chi connectivity index (χ2v) is 4.79. The van der Waals surface area contributed by atoms with Gasteiger partial charge in [-0.3, -0.25) is 9.36 Å². The van der Waals surface area contributed by atoms with E-state index in [1.54, 1.807) is 42.3 Å². The highest BCUT2D eigenvalue weighted by molar-refractivity contribution is 6.04. The third kappa shape index (κ3) is 2.85. The molecule has 0 aliphatic carbocycles. The Morgan fingerprint density at radius 1 is 1.27 bits per heavy atom. The summed E-state index contributed by atoms with van der Waals surface area (Å²) in [7, 11) is 0. The van der Waals surface area contributed by atoms with Gasteiger partial charge in [-0.2, -0.15) is 0 Å². The Bertz CT molecular complexity index is 798. The molecule has 2 aromatic heterocycles. The first-order valence-electron chi connectivity index (χ1n) is 6.65. The van der Waals surface area contributed by atoms with Crippen molar-refractivity contribution in [2.75, 3.05) is 5.32 Å². The number of benzene rings is 1. The summed E-state index contributed by atoms with van der Waals surface area (Å²) in [5, 5.41) is 2.74. The summed E-state index contributed by atoms with van der Waals surface area (Å²) in [5.41, 5.74) is 1.66. The Morgan fingerprint density at radius 2 is 2.14 bits per heavy atom. The predicted octanol–water partition coefficient (Wildman–Crippen LogP) is 2.97. The number of hydrogen-bond acceptors (Lipinski definition) is 3. The highest BCUT2D eigenvalue weighted by atomic mass is 19.1. The number of halogens is 1. The first-order valence-corrected chi connectivity index (χ1v) is 6.65. The molecule has 22 heavy (non-hydrogen) atoms. The van der Waals surface area contributed by atoms with Gasteiger partial charge >= 0.3 is 0 Å². The summed E-state index contributed by atoms with van der Waals surface area (Å²) in [6.07, 6.45) is 6.54. The van der Waals surface area contributed by atoms with E-state index >= 15 is 0 Å². The van der Waals surface area contributed by atoms with Crippen LogP contribution in [0, 0.1) is 12.7 Å². The molecule has 0 radical (unpaired) electrons. The van der Waals surface area contributed by atoms with E-state index in [9.17, 15) is 9.18 Å². The SMILES string of the molecule is Cc1cc(F)ccc1NC(=O)c1ccc(-n2ccnc2)nc1. The zero-order valence-corrected chi connectivity index (χ0v) is 11.8. The maximum Gasteiger partial charge on any atom is 0.257 e. The number of nitrogens with zero attached hydrogens (tertiary/aromatic N) is 3. The van der Waals surface area contributed by atoms with E-state index in [0.717, 1.165) is 0 Å². The molecule has 0 unspecified atom stereocenters. The number of carbonyl (C=O) groups excluding carboxylic acids is 1. The number of carbonyl (C=O) groups is 1. The zero-order valence-electron chi connectivity index (χ0n) is 11.8. The Kier molecular flexibility index (Phi) is 3.65. The Labute approximate surface area is 126 Å². The summed E-state index contributed by atoms with van der Waals surface area (Å²) in [6.45, 7) is 1.74. The number of aromatic nitrogens is 3. The third-order valence-corrected chi connectivity index (χ3v) is 3.22. The smallest absolute Gasteiger partial charge is 0.257 e. The average molecular weight is 296 g/mol. The lowest BCUT2D eigenvalue weighted by Crippen LogP contribution is -2.13. The maximum atomic E-state index is 13.1. The quantitative estimate of drug-likeness (QED) is 0.808. The lowest BCUT2D eigenvalue weighted by Gasteiger charge is -2.08. The van der Waals surface area contributed by atoms with Crippen molar-refractivity contribution >= 4 is 11.6 Å². The van der Waals surface area contributed by atoms with Crippen LogP contribution < -0.4 is 5.32 Å². The van der Waals surface area contributed by atoms with E-state index in [1.807, 2.05) is 0 Å². The maximum absolute atomic E-state index is 13.1. The van der Waals surface area contributed by atoms with Gasteiger partial charge < -0.3 is 5.32 Å². The molecule has 0 fully saturated rings. The summed E-state index contributed by atoms with van der Waals surface area (Å²) in [4.78, 5) is 20.3. The monoisotopic (exact) mass is 296 g/mol. The third-order valence-electron chi connectivity index (χ3n) is 3.22. The van der Waals surface area contributed by atoms with Crippen LogP contribution in [0.25, 0.3) is 5.82 Å². The number of amides is 1. The van der Waals surface area contributed by atoms with Crippen LogP contribution in [-0.2, 0) is 0 Å². The topological polar surface area (TPSA) is 59.8 Å². The standard InChI is InChI=1S/C16H13FN4O/c1-11-8-13(17)3-4-14(11)20-16(22)12-2-5-15(19-9-12)21-7-6-18-10-21/h2-10H,1H3,(H,20,22). The molecule has 1 aromatic carbocycles. The molecule has 0 atom stereocenters. The predicted molar refractivity (Wildman–Crippen MR) is 80.4 cm³/mol. The normalized spacial score (nSPS) is 10.5. The molecule has 0 aliphatic heterocycles. The van der Waals surface area contributed by atoms with Crippen molar-refractivity contribution in [2.45, 2.75) is 6.92 Å². The van der Waals surface area contributed by atoms with Crippen molar-refractivity contribution in [3.05, 3.63) is 72.2 Å². The van der Waals surface area contributed by atoms with E-state index < -0.39 is 0 Å². The van der Waals surface area contributed by atoms with Gasteiger partial charge in [-0.1, -0.05) is 0 Å². The van der Waals surface area contributed by atoms with Crippen molar-refractivity contribution in [1.29, 1.82) is 0 Å². The van der Waals surface area contributed by atoms with E-state index in [0.29, 0.717) is 22.6 Å². The molecule has 1 amide bonds. The minimum absolute atomic E-state index is 0.292. The van der Waals surface area contributed by atoms with Crippen LogP contribution in [0.5, 0.6) is 0 Å². The van der Waals surface area contributed by atoms with Crippen molar-refractivity contribution in [2.24, 2.45) is 0 Å². The highest BCUT2D eigenvalue weighted by Gasteiger charge is 2.09. The number of imidazole rings is 1. The number of hydrogen-bond donors (Lipinski definition) is 1. The van der Waals surface area contributed by atoms with Gasteiger partial charge in [-0.15, -0.1) is 0 Å². The fraction of sp³-hybridized carbons (Fsp3) is 0.0625. The van der Waals surface area contributed by atoms with Crippen molar-refractivity contribution in [1.82, 2.24) is 14.5 Å². The number of nitrogens with one attached hydrogen (secondary N) is 1. The van der Waals surface area contributed by atoms with Crippen molar-refractivity contribution in [3.8, 4) is 5.82 Å². The van der Waals surface area contributed by atoms with Crippen LogP contribution >= 0.6 is 0 Å². The minimum Gasteiger partial charge on any atom is -0.322 e. The summed E-state index contributed by atoms with van der Waals surface area (Å²) in [5.74, 6) is 0.0493. The number of anilines is 1. The average Bonchev–Trinajstić information content (AvgIpc) is 3.04.